The van der Waals surface area contributed by atoms with Crippen LogP contribution in [0.3, 0.4) is 0 Å². The van der Waals surface area contributed by atoms with Gasteiger partial charge >= 0.3 is 0 Å². The summed E-state index contributed by atoms with van der Waals surface area (Å²) >= 11 is -2.06. The first kappa shape index (κ1) is 15.1. The van der Waals surface area contributed by atoms with Gasteiger partial charge in [-0.25, -0.2) is 23.9 Å². The minimum absolute atomic E-state index is 0.0698. The molecule has 8 heteroatoms. The molecule has 0 amide bonds. The second-order valence-corrected chi connectivity index (χ2v) is 4.67. The third-order valence-electron chi connectivity index (χ3n) is 2.52. The Morgan fingerprint density at radius 1 is 1.29 bits per heavy atom. The van der Waals surface area contributed by atoms with Crippen LogP contribution in [0.2, 0.25) is 0 Å². The lowest BCUT2D eigenvalue weighted by Gasteiger charge is -2.03. The fraction of sp³-hybridized carbons (Fsp3) is 0.0769. The van der Waals surface area contributed by atoms with E-state index in [1.807, 2.05) is 0 Å². The van der Waals surface area contributed by atoms with Crippen molar-refractivity contribution in [2.24, 2.45) is 0 Å². The summed E-state index contributed by atoms with van der Waals surface area (Å²) < 4.78 is 21.4. The molecule has 0 saturated carbocycles. The Kier molecular flexibility index (Phi) is 5.38. The van der Waals surface area contributed by atoms with Crippen molar-refractivity contribution in [1.29, 1.82) is 0 Å². The second kappa shape index (κ2) is 7.48. The zero-order valence-corrected chi connectivity index (χ0v) is 11.7. The lowest BCUT2D eigenvalue weighted by molar-refractivity contribution is 0.102. The van der Waals surface area contributed by atoms with Crippen LogP contribution in [0.25, 0.3) is 6.08 Å². The molecule has 2 rings (SSSR count). The lowest BCUT2D eigenvalue weighted by Crippen LogP contribution is -2.15. The number of nitrogens with one attached hydrogen (secondary N) is 1. The van der Waals surface area contributed by atoms with Crippen molar-refractivity contribution in [2.45, 2.75) is 0 Å². The standard InChI is InChI=1S/C13H12N4O3S/c18-12(13-15-8-14-9-16-13)11-6-2-1-4-10(11)5-3-7-17-21(19)20/h1-6,8-9,17H,7H2,(H,19,20). The van der Waals surface area contributed by atoms with E-state index in [4.69, 9.17) is 4.55 Å². The maximum Gasteiger partial charge on any atom is 0.232 e. The molecule has 0 saturated heterocycles. The molecule has 21 heavy (non-hydrogen) atoms. The Morgan fingerprint density at radius 3 is 2.71 bits per heavy atom. The van der Waals surface area contributed by atoms with Crippen molar-refractivity contribution in [3.8, 4) is 0 Å². The maximum atomic E-state index is 12.3. The van der Waals surface area contributed by atoms with E-state index in [2.05, 4.69) is 19.7 Å². The van der Waals surface area contributed by atoms with Gasteiger partial charge in [0.25, 0.3) is 0 Å². The summed E-state index contributed by atoms with van der Waals surface area (Å²) in [5.74, 6) is -0.239. The Labute approximate surface area is 123 Å². The van der Waals surface area contributed by atoms with Gasteiger partial charge in [0, 0.05) is 12.1 Å². The van der Waals surface area contributed by atoms with Crippen LogP contribution in [0, 0.1) is 0 Å². The van der Waals surface area contributed by atoms with E-state index in [1.165, 1.54) is 12.7 Å². The number of ketones is 1. The molecule has 1 aromatic carbocycles. The Hall–Kier alpha value is -2.29. The average molecular weight is 304 g/mol. The summed E-state index contributed by atoms with van der Waals surface area (Å²) in [7, 11) is 0. The molecule has 108 valence electrons. The average Bonchev–Trinajstić information content (AvgIpc) is 2.52. The molecule has 1 heterocycles. The smallest absolute Gasteiger partial charge is 0.232 e. The van der Waals surface area contributed by atoms with E-state index >= 15 is 0 Å². The molecule has 1 aromatic heterocycles. The van der Waals surface area contributed by atoms with Crippen molar-refractivity contribution in [2.75, 3.05) is 6.54 Å². The predicted molar refractivity (Wildman–Crippen MR) is 77.5 cm³/mol. The molecule has 0 aliphatic carbocycles. The summed E-state index contributed by atoms with van der Waals surface area (Å²) in [5, 5.41) is 0. The lowest BCUT2D eigenvalue weighted by atomic mass is 10.0. The van der Waals surface area contributed by atoms with Gasteiger partial charge < -0.3 is 0 Å². The van der Waals surface area contributed by atoms with Crippen LogP contribution in [0.1, 0.15) is 21.7 Å². The molecular formula is C13H12N4O3S. The molecular weight excluding hydrogens is 292 g/mol. The Morgan fingerprint density at radius 2 is 2.00 bits per heavy atom. The number of aromatic nitrogens is 3. The molecule has 1 atom stereocenters. The minimum Gasteiger partial charge on any atom is -0.294 e. The van der Waals surface area contributed by atoms with Crippen LogP contribution in [0.4, 0.5) is 0 Å². The number of carbonyl (C=O) groups is 1. The largest absolute Gasteiger partial charge is 0.294 e. The van der Waals surface area contributed by atoms with Gasteiger partial charge in [0.2, 0.25) is 22.9 Å². The van der Waals surface area contributed by atoms with E-state index in [-0.39, 0.29) is 18.2 Å². The number of carbonyl (C=O) groups excluding carboxylic acids is 1. The highest BCUT2D eigenvalue weighted by molar-refractivity contribution is 7.77. The van der Waals surface area contributed by atoms with Crippen molar-refractivity contribution < 1.29 is 13.6 Å². The number of nitrogens with zero attached hydrogens (tertiary/aromatic N) is 3. The molecule has 1 unspecified atom stereocenters. The van der Waals surface area contributed by atoms with E-state index < -0.39 is 11.3 Å². The normalized spacial score (nSPS) is 12.4. The molecule has 0 aliphatic heterocycles. The molecule has 2 aromatic rings. The summed E-state index contributed by atoms with van der Waals surface area (Å²) in [6.07, 6.45) is 5.86. The van der Waals surface area contributed by atoms with Crippen LogP contribution in [-0.4, -0.2) is 36.0 Å². The summed E-state index contributed by atoms with van der Waals surface area (Å²) in [5.41, 5.74) is 1.12. The Balaban J connectivity index is 2.21. The van der Waals surface area contributed by atoms with Gasteiger partial charge in [-0.2, -0.15) is 0 Å². The maximum absolute atomic E-state index is 12.3. The first-order chi connectivity index (χ1) is 10.2. The van der Waals surface area contributed by atoms with Crippen molar-refractivity contribution in [3.63, 3.8) is 0 Å². The highest BCUT2D eigenvalue weighted by Crippen LogP contribution is 2.13. The summed E-state index contributed by atoms with van der Waals surface area (Å²) in [6.45, 7) is 0.206. The van der Waals surface area contributed by atoms with Crippen molar-refractivity contribution >= 4 is 23.1 Å². The van der Waals surface area contributed by atoms with Crippen molar-refractivity contribution in [3.05, 3.63) is 59.9 Å². The van der Waals surface area contributed by atoms with Gasteiger partial charge in [-0.1, -0.05) is 36.4 Å². The van der Waals surface area contributed by atoms with Crippen LogP contribution in [0.5, 0.6) is 0 Å². The van der Waals surface area contributed by atoms with E-state index in [0.29, 0.717) is 11.1 Å². The quantitative estimate of drug-likeness (QED) is 0.605. The van der Waals surface area contributed by atoms with Crippen LogP contribution < -0.4 is 4.72 Å². The molecule has 0 aliphatic rings. The van der Waals surface area contributed by atoms with Gasteiger partial charge in [0.1, 0.15) is 12.7 Å². The number of benzene rings is 1. The highest BCUT2D eigenvalue weighted by atomic mass is 32.2. The fourth-order valence-electron chi connectivity index (χ4n) is 1.63. The summed E-state index contributed by atoms with van der Waals surface area (Å²) in [4.78, 5) is 23.7. The molecule has 0 spiro atoms. The number of rotatable bonds is 6. The van der Waals surface area contributed by atoms with E-state index in [0.717, 1.165) is 0 Å². The topological polar surface area (TPSA) is 105 Å². The third-order valence-corrected chi connectivity index (χ3v) is 2.94. The van der Waals surface area contributed by atoms with Crippen molar-refractivity contribution in [1.82, 2.24) is 19.7 Å². The molecule has 2 N–H and O–H groups in total. The third kappa shape index (κ3) is 4.35. The number of hydrogen-bond donors (Lipinski definition) is 2. The minimum atomic E-state index is -2.06. The van der Waals surface area contributed by atoms with Gasteiger partial charge in [0.15, 0.2) is 0 Å². The predicted octanol–water partition coefficient (Wildman–Crippen LogP) is 0.842. The molecule has 0 bridgehead atoms. The molecule has 0 fully saturated rings. The molecule has 7 nitrogen and oxygen atoms in total. The zero-order valence-electron chi connectivity index (χ0n) is 10.8. The highest BCUT2D eigenvalue weighted by Gasteiger charge is 2.14. The van der Waals surface area contributed by atoms with E-state index in [1.54, 1.807) is 36.4 Å². The summed E-state index contributed by atoms with van der Waals surface area (Å²) in [6, 6.07) is 6.97. The molecule has 0 radical (unpaired) electrons. The van der Waals surface area contributed by atoms with Crippen LogP contribution in [0.15, 0.2) is 43.0 Å². The van der Waals surface area contributed by atoms with Crippen LogP contribution in [-0.2, 0) is 11.3 Å². The van der Waals surface area contributed by atoms with E-state index in [9.17, 15) is 9.00 Å². The Bertz CT molecular complexity index is 676. The van der Waals surface area contributed by atoms with Gasteiger partial charge in [-0.3, -0.25) is 9.35 Å². The zero-order chi connectivity index (χ0) is 15.1. The SMILES string of the molecule is O=C(c1ncncn1)c1ccccc1C=CCNS(=O)O. The van der Waals surface area contributed by atoms with Gasteiger partial charge in [-0.05, 0) is 5.56 Å². The number of hydrogen-bond acceptors (Lipinski definition) is 5. The monoisotopic (exact) mass is 304 g/mol. The first-order valence-electron chi connectivity index (χ1n) is 5.95. The first-order valence-corrected chi connectivity index (χ1v) is 7.06. The van der Waals surface area contributed by atoms with Crippen LogP contribution >= 0.6 is 0 Å². The van der Waals surface area contributed by atoms with Gasteiger partial charge in [0.05, 0.1) is 0 Å². The second-order valence-electron chi connectivity index (χ2n) is 3.88. The fourth-order valence-corrected chi connectivity index (χ4v) is 1.87. The van der Waals surface area contributed by atoms with Gasteiger partial charge in [-0.15, -0.1) is 0 Å².